The zero-order chi connectivity index (χ0) is 21.7. The molecule has 5 heteroatoms. The number of amides is 1. The maximum Gasteiger partial charge on any atom is 0.410 e. The number of carbonyl (C=O) groups is 2. The van der Waals surface area contributed by atoms with Crippen LogP contribution in [0.25, 0.3) is 11.1 Å². The van der Waals surface area contributed by atoms with Crippen LogP contribution >= 0.6 is 0 Å². The normalized spacial score (nSPS) is 19.3. The van der Waals surface area contributed by atoms with E-state index in [1.807, 2.05) is 39.0 Å². The highest BCUT2D eigenvalue weighted by atomic mass is 16.6. The third kappa shape index (κ3) is 5.41. The highest BCUT2D eigenvalue weighted by molar-refractivity contribution is 5.76. The van der Waals surface area contributed by atoms with E-state index < -0.39 is 11.5 Å². The van der Waals surface area contributed by atoms with Crippen LogP contribution in [0.1, 0.15) is 45.6 Å². The summed E-state index contributed by atoms with van der Waals surface area (Å²) in [6, 6.07) is 18.6. The summed E-state index contributed by atoms with van der Waals surface area (Å²) < 4.78 is 10.8. The van der Waals surface area contributed by atoms with Crippen molar-refractivity contribution in [3.05, 3.63) is 60.2 Å². The third-order valence-electron chi connectivity index (χ3n) is 5.30. The van der Waals surface area contributed by atoms with Crippen LogP contribution in [0.15, 0.2) is 54.6 Å². The summed E-state index contributed by atoms with van der Waals surface area (Å²) in [7, 11) is 0. The van der Waals surface area contributed by atoms with Gasteiger partial charge < -0.3 is 14.4 Å². The number of nitrogens with zero attached hydrogens (tertiary/aromatic N) is 1. The van der Waals surface area contributed by atoms with E-state index >= 15 is 0 Å². The maximum absolute atomic E-state index is 12.7. The van der Waals surface area contributed by atoms with E-state index in [0.29, 0.717) is 26.1 Å². The highest BCUT2D eigenvalue weighted by Gasteiger charge is 2.39. The maximum atomic E-state index is 12.7. The predicted octanol–water partition coefficient (Wildman–Crippen LogP) is 5.26. The molecule has 1 saturated heterocycles. The number of benzene rings is 2. The van der Waals surface area contributed by atoms with E-state index in [1.165, 1.54) is 0 Å². The van der Waals surface area contributed by atoms with Gasteiger partial charge in [-0.05, 0) is 50.8 Å². The van der Waals surface area contributed by atoms with Gasteiger partial charge in [-0.3, -0.25) is 4.79 Å². The molecule has 1 aliphatic rings. The average Bonchev–Trinajstić information content (AvgIpc) is 2.73. The number of rotatable bonds is 4. The first kappa shape index (κ1) is 21.9. The molecule has 2 aromatic carbocycles. The number of likely N-dealkylation sites (tertiary alicyclic amines) is 1. The Bertz CT molecular complexity index is 855. The molecule has 0 saturated carbocycles. The van der Waals surface area contributed by atoms with Gasteiger partial charge in [-0.15, -0.1) is 0 Å². The zero-order valence-electron chi connectivity index (χ0n) is 18.3. The topological polar surface area (TPSA) is 55.8 Å². The van der Waals surface area contributed by atoms with Gasteiger partial charge in [0, 0.05) is 19.0 Å². The van der Waals surface area contributed by atoms with Crippen LogP contribution in [0, 0.1) is 5.92 Å². The van der Waals surface area contributed by atoms with Crippen LogP contribution in [-0.2, 0) is 14.3 Å². The summed E-state index contributed by atoms with van der Waals surface area (Å²) in [5.74, 6) is -0.663. The van der Waals surface area contributed by atoms with Gasteiger partial charge in [0.05, 0.1) is 12.5 Å². The molecular formula is C25H31NO4. The first-order valence-electron chi connectivity index (χ1n) is 10.6. The molecule has 0 bridgehead atoms. The minimum absolute atomic E-state index is 0.00700. The SMILES string of the molecule is CCOC(=O)C1CN(C(=O)OC(C)(C)C)CCC1c1ccc(-c2ccccc2)cc1. The standard InChI is InChI=1S/C25H31NO4/c1-5-29-23(27)22-17-26(24(28)30-25(2,3)4)16-15-21(22)20-13-11-19(12-14-20)18-9-7-6-8-10-18/h6-14,21-22H,5,15-17H2,1-4H3. The van der Waals surface area contributed by atoms with Gasteiger partial charge >= 0.3 is 12.1 Å². The summed E-state index contributed by atoms with van der Waals surface area (Å²) >= 11 is 0. The summed E-state index contributed by atoms with van der Waals surface area (Å²) in [6.07, 6.45) is 0.308. The Morgan fingerprint density at radius 2 is 1.63 bits per heavy atom. The molecule has 2 atom stereocenters. The lowest BCUT2D eigenvalue weighted by molar-refractivity contribution is -0.150. The number of carbonyl (C=O) groups excluding carboxylic acids is 2. The fourth-order valence-electron chi connectivity index (χ4n) is 3.88. The number of ether oxygens (including phenoxy) is 2. The van der Waals surface area contributed by atoms with Crippen molar-refractivity contribution in [3.63, 3.8) is 0 Å². The third-order valence-corrected chi connectivity index (χ3v) is 5.30. The van der Waals surface area contributed by atoms with Crippen LogP contribution in [0.3, 0.4) is 0 Å². The fourth-order valence-corrected chi connectivity index (χ4v) is 3.88. The van der Waals surface area contributed by atoms with Crippen LogP contribution in [0.2, 0.25) is 0 Å². The number of esters is 1. The summed E-state index contributed by atoms with van der Waals surface area (Å²) in [4.78, 5) is 26.9. The van der Waals surface area contributed by atoms with Gasteiger partial charge in [-0.25, -0.2) is 4.79 Å². The first-order valence-corrected chi connectivity index (χ1v) is 10.6. The average molecular weight is 410 g/mol. The molecule has 1 aliphatic heterocycles. The Balaban J connectivity index is 1.79. The second-order valence-electron chi connectivity index (χ2n) is 8.67. The molecule has 2 unspecified atom stereocenters. The molecule has 1 amide bonds. The van der Waals surface area contributed by atoms with Crippen LogP contribution in [-0.4, -0.2) is 42.3 Å². The molecule has 1 heterocycles. The van der Waals surface area contributed by atoms with Crippen molar-refractivity contribution in [2.45, 2.75) is 45.6 Å². The lowest BCUT2D eigenvalue weighted by Gasteiger charge is -2.38. The molecule has 1 fully saturated rings. The minimum atomic E-state index is -0.569. The smallest absolute Gasteiger partial charge is 0.410 e. The summed E-state index contributed by atoms with van der Waals surface area (Å²) in [5.41, 5.74) is 2.82. The van der Waals surface area contributed by atoms with E-state index in [4.69, 9.17) is 9.47 Å². The van der Waals surface area contributed by atoms with E-state index in [9.17, 15) is 9.59 Å². The zero-order valence-corrected chi connectivity index (χ0v) is 18.3. The van der Waals surface area contributed by atoms with Gasteiger partial charge in [0.25, 0.3) is 0 Å². The molecule has 0 radical (unpaired) electrons. The van der Waals surface area contributed by atoms with Gasteiger partial charge in [0.1, 0.15) is 5.60 Å². The molecule has 30 heavy (non-hydrogen) atoms. The molecule has 0 aliphatic carbocycles. The van der Waals surface area contributed by atoms with Crippen LogP contribution in [0.5, 0.6) is 0 Å². The van der Waals surface area contributed by atoms with Crippen molar-refractivity contribution in [2.75, 3.05) is 19.7 Å². The quantitative estimate of drug-likeness (QED) is 0.647. The van der Waals surface area contributed by atoms with Gasteiger partial charge in [-0.1, -0.05) is 54.6 Å². The molecule has 5 nitrogen and oxygen atoms in total. The molecule has 3 rings (SSSR count). The molecule has 160 valence electrons. The monoisotopic (exact) mass is 409 g/mol. The van der Waals surface area contributed by atoms with Crippen molar-refractivity contribution in [2.24, 2.45) is 5.92 Å². The van der Waals surface area contributed by atoms with E-state index in [-0.39, 0.29) is 18.0 Å². The highest BCUT2D eigenvalue weighted by Crippen LogP contribution is 2.35. The van der Waals surface area contributed by atoms with Crippen molar-refractivity contribution >= 4 is 12.1 Å². The van der Waals surface area contributed by atoms with Gasteiger partial charge in [0.15, 0.2) is 0 Å². The fraction of sp³-hybridized carbons (Fsp3) is 0.440. The molecule has 0 aromatic heterocycles. The second kappa shape index (κ2) is 9.33. The Labute approximate surface area is 179 Å². The van der Waals surface area contributed by atoms with E-state index in [2.05, 4.69) is 36.4 Å². The van der Waals surface area contributed by atoms with Crippen molar-refractivity contribution in [3.8, 4) is 11.1 Å². The number of hydrogen-bond acceptors (Lipinski definition) is 4. The summed E-state index contributed by atoms with van der Waals surface area (Å²) in [6.45, 7) is 8.50. The Kier molecular flexibility index (Phi) is 6.80. The number of hydrogen-bond donors (Lipinski definition) is 0. The molecule has 0 spiro atoms. The first-order chi connectivity index (χ1) is 14.3. The Hall–Kier alpha value is -2.82. The lowest BCUT2D eigenvalue weighted by atomic mass is 9.80. The van der Waals surface area contributed by atoms with Crippen LogP contribution < -0.4 is 0 Å². The van der Waals surface area contributed by atoms with E-state index in [1.54, 1.807) is 11.8 Å². The minimum Gasteiger partial charge on any atom is -0.466 e. The number of piperidine rings is 1. The van der Waals surface area contributed by atoms with Crippen LogP contribution in [0.4, 0.5) is 4.79 Å². The Morgan fingerprint density at radius 3 is 2.23 bits per heavy atom. The van der Waals surface area contributed by atoms with E-state index in [0.717, 1.165) is 16.7 Å². The molecule has 0 N–H and O–H groups in total. The largest absolute Gasteiger partial charge is 0.466 e. The molecule has 2 aromatic rings. The summed E-state index contributed by atoms with van der Waals surface area (Å²) in [5, 5.41) is 0. The second-order valence-corrected chi connectivity index (χ2v) is 8.67. The lowest BCUT2D eigenvalue weighted by Crippen LogP contribution is -2.47. The predicted molar refractivity (Wildman–Crippen MR) is 117 cm³/mol. The van der Waals surface area contributed by atoms with Crippen molar-refractivity contribution < 1.29 is 19.1 Å². The van der Waals surface area contributed by atoms with Gasteiger partial charge in [-0.2, -0.15) is 0 Å². The van der Waals surface area contributed by atoms with Gasteiger partial charge in [0.2, 0.25) is 0 Å². The Morgan fingerprint density at radius 1 is 1.00 bits per heavy atom. The molecular weight excluding hydrogens is 378 g/mol. The van der Waals surface area contributed by atoms with Crippen molar-refractivity contribution in [1.82, 2.24) is 4.90 Å². The van der Waals surface area contributed by atoms with Crippen molar-refractivity contribution in [1.29, 1.82) is 0 Å².